The third-order valence-electron chi connectivity index (χ3n) is 9.13. The second-order valence-corrected chi connectivity index (χ2v) is 10.3. The Morgan fingerprint density at radius 3 is 2.83 bits per heavy atom. The summed E-state index contributed by atoms with van der Waals surface area (Å²) >= 11 is 0. The second kappa shape index (κ2) is 7.56. The summed E-state index contributed by atoms with van der Waals surface area (Å²) in [7, 11) is 1.41. The third-order valence-corrected chi connectivity index (χ3v) is 9.13. The molecule has 0 aliphatic heterocycles. The minimum absolute atomic E-state index is 0.00683. The maximum Gasteiger partial charge on any atom is 0.330 e. The van der Waals surface area contributed by atoms with Gasteiger partial charge in [-0.2, -0.15) is 0 Å². The van der Waals surface area contributed by atoms with Crippen LogP contribution in [0.3, 0.4) is 0 Å². The Bertz CT molecular complexity index is 789. The number of esters is 1. The van der Waals surface area contributed by atoms with Crippen LogP contribution in [0.4, 0.5) is 0 Å². The maximum absolute atomic E-state index is 11.4. The summed E-state index contributed by atoms with van der Waals surface area (Å²) in [6.45, 7) is 4.71. The first-order chi connectivity index (χ1) is 13.8. The molecule has 7 unspecified atom stereocenters. The van der Waals surface area contributed by atoms with Crippen molar-refractivity contribution >= 4 is 11.9 Å². The van der Waals surface area contributed by atoms with Crippen LogP contribution in [0.1, 0.15) is 65.2 Å². The molecule has 0 heterocycles. The molecule has 4 aliphatic carbocycles. The molecule has 0 aromatic carbocycles. The number of rotatable bonds is 3. The molecule has 0 amide bonds. The summed E-state index contributed by atoms with van der Waals surface area (Å²) < 4.78 is 4.71. The van der Waals surface area contributed by atoms with Gasteiger partial charge in [-0.1, -0.05) is 25.5 Å². The lowest BCUT2D eigenvalue weighted by Gasteiger charge is -2.60. The minimum atomic E-state index is -0.304. The van der Waals surface area contributed by atoms with Crippen molar-refractivity contribution < 1.29 is 19.4 Å². The largest absolute Gasteiger partial charge is 0.466 e. The SMILES string of the molecule is COC(=O)/C=C\CC1CCC2C3CCC4=CC(=C=O)CCC4(C)C3C(O)CC12C. The van der Waals surface area contributed by atoms with E-state index in [1.54, 1.807) is 0 Å². The second-order valence-electron chi connectivity index (χ2n) is 10.3. The molecule has 4 aliphatic rings. The van der Waals surface area contributed by atoms with Crippen LogP contribution < -0.4 is 0 Å². The molecular weight excluding hydrogens is 364 g/mol. The van der Waals surface area contributed by atoms with Crippen molar-refractivity contribution in [3.63, 3.8) is 0 Å². The minimum Gasteiger partial charge on any atom is -0.466 e. The van der Waals surface area contributed by atoms with Crippen LogP contribution in [-0.4, -0.2) is 30.2 Å². The highest BCUT2D eigenvalue weighted by molar-refractivity contribution is 5.81. The fourth-order valence-corrected chi connectivity index (χ4v) is 7.68. The van der Waals surface area contributed by atoms with Gasteiger partial charge in [0, 0.05) is 11.6 Å². The van der Waals surface area contributed by atoms with Gasteiger partial charge in [0.15, 0.2) is 0 Å². The van der Waals surface area contributed by atoms with Crippen LogP contribution in [0.2, 0.25) is 0 Å². The number of carbonyl (C=O) groups excluding carboxylic acids is 2. The molecule has 0 bridgehead atoms. The fraction of sp³-hybridized carbons (Fsp3) is 0.720. The van der Waals surface area contributed by atoms with E-state index in [2.05, 4.69) is 25.9 Å². The van der Waals surface area contributed by atoms with Gasteiger partial charge in [-0.3, -0.25) is 0 Å². The molecule has 4 nitrogen and oxygen atoms in total. The predicted octanol–water partition coefficient (Wildman–Crippen LogP) is 4.41. The van der Waals surface area contributed by atoms with Crippen LogP contribution in [0.15, 0.2) is 29.4 Å². The molecule has 0 aromatic heterocycles. The standard InChI is InChI=1S/C25H34O4/c1-24-12-11-16(15-26)13-18(24)7-9-19-20-10-8-17(5-4-6-22(28)29-3)25(20,2)14-21(27)23(19)24/h4,6,13,17,19-21,23,27H,5,7-12,14H2,1-3H3/b6-4-. The molecule has 0 aromatic rings. The van der Waals surface area contributed by atoms with Crippen molar-refractivity contribution in [1.29, 1.82) is 0 Å². The number of carbonyl (C=O) groups is 1. The zero-order chi connectivity index (χ0) is 20.8. The number of ether oxygens (including phenoxy) is 1. The topological polar surface area (TPSA) is 63.6 Å². The highest BCUT2D eigenvalue weighted by Crippen LogP contribution is 2.67. The Morgan fingerprint density at radius 1 is 1.31 bits per heavy atom. The Balaban J connectivity index is 1.58. The van der Waals surface area contributed by atoms with Crippen molar-refractivity contribution in [2.75, 3.05) is 7.11 Å². The molecule has 0 saturated heterocycles. The molecule has 1 N–H and O–H groups in total. The molecule has 3 fully saturated rings. The summed E-state index contributed by atoms with van der Waals surface area (Å²) in [6, 6.07) is 0. The van der Waals surface area contributed by atoms with Gasteiger partial charge in [-0.05, 0) is 91.9 Å². The molecule has 4 rings (SSSR count). The quantitative estimate of drug-likeness (QED) is 0.434. The first-order valence-corrected chi connectivity index (χ1v) is 11.2. The summed E-state index contributed by atoms with van der Waals surface area (Å²) in [5.41, 5.74) is 2.29. The number of hydrogen-bond acceptors (Lipinski definition) is 4. The van der Waals surface area contributed by atoms with Crippen LogP contribution in [-0.2, 0) is 14.3 Å². The highest BCUT2D eigenvalue weighted by Gasteiger charge is 2.61. The lowest BCUT2D eigenvalue weighted by Crippen LogP contribution is -2.56. The van der Waals surface area contributed by atoms with Crippen LogP contribution in [0, 0.1) is 34.5 Å². The Hall–Kier alpha value is -1.64. The summed E-state index contributed by atoms with van der Waals surface area (Å²) in [6.07, 6.45) is 13.3. The first kappa shape index (κ1) is 20.6. The normalized spacial score (nSPS) is 43.8. The third kappa shape index (κ3) is 3.25. The van der Waals surface area contributed by atoms with Crippen molar-refractivity contribution in [3.05, 3.63) is 29.4 Å². The van der Waals surface area contributed by atoms with Gasteiger partial charge in [-0.25, -0.2) is 9.59 Å². The molecule has 158 valence electrons. The van der Waals surface area contributed by atoms with Gasteiger partial charge >= 0.3 is 5.97 Å². The fourth-order valence-electron chi connectivity index (χ4n) is 7.68. The molecule has 3 saturated carbocycles. The van der Waals surface area contributed by atoms with E-state index in [9.17, 15) is 14.7 Å². The van der Waals surface area contributed by atoms with E-state index in [1.165, 1.54) is 31.6 Å². The van der Waals surface area contributed by atoms with Gasteiger partial charge in [0.05, 0.1) is 13.2 Å². The van der Waals surface area contributed by atoms with Gasteiger partial charge in [0.25, 0.3) is 0 Å². The van der Waals surface area contributed by atoms with Crippen molar-refractivity contribution in [2.45, 2.75) is 71.3 Å². The maximum atomic E-state index is 11.4. The molecule has 29 heavy (non-hydrogen) atoms. The van der Waals surface area contributed by atoms with Crippen molar-refractivity contribution in [2.24, 2.45) is 34.5 Å². The molecular formula is C25H34O4. The predicted molar refractivity (Wildman–Crippen MR) is 112 cm³/mol. The molecule has 0 spiro atoms. The average molecular weight is 399 g/mol. The van der Waals surface area contributed by atoms with Gasteiger partial charge < -0.3 is 9.84 Å². The number of aliphatic hydroxyl groups excluding tert-OH is 1. The monoisotopic (exact) mass is 398 g/mol. The lowest BCUT2D eigenvalue weighted by molar-refractivity contribution is -0.135. The Morgan fingerprint density at radius 2 is 2.10 bits per heavy atom. The van der Waals surface area contributed by atoms with E-state index in [1.807, 2.05) is 6.08 Å². The molecule has 4 heteroatoms. The van der Waals surface area contributed by atoms with Crippen LogP contribution in [0.25, 0.3) is 0 Å². The van der Waals surface area contributed by atoms with Gasteiger partial charge in [0.2, 0.25) is 0 Å². The molecule has 0 radical (unpaired) electrons. The van der Waals surface area contributed by atoms with E-state index < -0.39 is 0 Å². The summed E-state index contributed by atoms with van der Waals surface area (Å²) in [5.74, 6) is 3.78. The number of methoxy groups -OCH3 is 1. The number of allylic oxidation sites excluding steroid dienone is 4. The van der Waals surface area contributed by atoms with E-state index in [4.69, 9.17) is 4.74 Å². The van der Waals surface area contributed by atoms with Gasteiger partial charge in [0.1, 0.15) is 5.94 Å². The van der Waals surface area contributed by atoms with Crippen molar-refractivity contribution in [3.8, 4) is 0 Å². The zero-order valence-corrected chi connectivity index (χ0v) is 17.9. The lowest BCUT2D eigenvalue weighted by atomic mass is 9.46. The smallest absolute Gasteiger partial charge is 0.330 e. The Labute approximate surface area is 174 Å². The molecule has 7 atom stereocenters. The summed E-state index contributed by atoms with van der Waals surface area (Å²) in [4.78, 5) is 22.6. The number of hydrogen-bond donors (Lipinski definition) is 1. The summed E-state index contributed by atoms with van der Waals surface area (Å²) in [5, 5.41) is 11.4. The Kier molecular flexibility index (Phi) is 5.38. The van der Waals surface area contributed by atoms with E-state index in [-0.39, 0.29) is 28.8 Å². The zero-order valence-electron chi connectivity index (χ0n) is 17.9. The van der Waals surface area contributed by atoms with E-state index >= 15 is 0 Å². The van der Waals surface area contributed by atoms with Crippen molar-refractivity contribution in [1.82, 2.24) is 0 Å². The number of aliphatic hydroxyl groups is 1. The average Bonchev–Trinajstić information content (AvgIpc) is 3.02. The first-order valence-electron chi connectivity index (χ1n) is 11.2. The number of fused-ring (bicyclic) bond motifs is 5. The highest BCUT2D eigenvalue weighted by atomic mass is 16.5. The van der Waals surface area contributed by atoms with Crippen LogP contribution in [0.5, 0.6) is 0 Å². The van der Waals surface area contributed by atoms with E-state index in [0.717, 1.165) is 44.1 Å². The van der Waals surface area contributed by atoms with Crippen LogP contribution >= 0.6 is 0 Å². The van der Waals surface area contributed by atoms with E-state index in [0.29, 0.717) is 17.8 Å². The van der Waals surface area contributed by atoms with Gasteiger partial charge in [-0.15, -0.1) is 0 Å².